The number of nitrogens with zero attached hydrogens (tertiary/aromatic N) is 1. The van der Waals surface area contributed by atoms with Gasteiger partial charge in [-0.15, -0.1) is 0 Å². The number of ether oxygens (including phenoxy) is 2. The molecule has 0 radical (unpaired) electrons. The van der Waals surface area contributed by atoms with Crippen molar-refractivity contribution >= 4 is 29.3 Å². The van der Waals surface area contributed by atoms with Crippen LogP contribution in [0.3, 0.4) is 0 Å². The molecule has 0 aliphatic carbocycles. The first-order valence-corrected chi connectivity index (χ1v) is 11.3. The summed E-state index contributed by atoms with van der Waals surface area (Å²) < 4.78 is 10.5. The van der Waals surface area contributed by atoms with Crippen molar-refractivity contribution < 1.29 is 33.9 Å². The third kappa shape index (κ3) is 6.51. The van der Waals surface area contributed by atoms with E-state index >= 15 is 0 Å². The zero-order valence-corrected chi connectivity index (χ0v) is 20.6. The summed E-state index contributed by atoms with van der Waals surface area (Å²) in [6.45, 7) is 3.17. The van der Waals surface area contributed by atoms with Gasteiger partial charge >= 0.3 is 17.9 Å². The maximum atomic E-state index is 13.3. The normalized spacial score (nSPS) is 15.1. The number of carboxylic acid groups (broad SMARTS) is 1. The maximum absolute atomic E-state index is 13.3. The molecular formula is C26H27N3O8. The average molecular weight is 510 g/mol. The van der Waals surface area contributed by atoms with Gasteiger partial charge in [-0.2, -0.15) is 0 Å². The first-order valence-electron chi connectivity index (χ1n) is 11.3. The summed E-state index contributed by atoms with van der Waals surface area (Å²) >= 11 is 0. The highest BCUT2D eigenvalue weighted by Crippen LogP contribution is 2.40. The molecule has 1 unspecified atom stereocenters. The number of nitro benzene ring substituents is 1. The largest absolute Gasteiger partial charge is 0.480 e. The fourth-order valence-corrected chi connectivity index (χ4v) is 4.10. The standard InChI is InChI=1S/C26H27N3O8/c1-15-22(25(32)36-3)24(18-5-4-6-20(13-18)29(34)35)23(16(2)28-15)26(33)37-12-11-17-7-9-19(10-8-17)27-14-21(30)31/h4-10,13,24,27-28H,11-12,14H2,1-3H3,(H,30,31). The van der Waals surface area contributed by atoms with Crippen LogP contribution >= 0.6 is 0 Å². The highest BCUT2D eigenvalue weighted by molar-refractivity contribution is 5.99. The van der Waals surface area contributed by atoms with Crippen LogP contribution < -0.4 is 10.6 Å². The number of rotatable bonds is 10. The molecule has 0 aromatic heterocycles. The molecule has 0 saturated heterocycles. The van der Waals surface area contributed by atoms with Crippen LogP contribution in [-0.2, 0) is 30.3 Å². The predicted octanol–water partition coefficient (Wildman–Crippen LogP) is 3.29. The Morgan fingerprint density at radius 2 is 1.70 bits per heavy atom. The molecule has 0 fully saturated rings. The number of anilines is 1. The topological polar surface area (TPSA) is 157 Å². The number of nitro groups is 1. The molecule has 0 amide bonds. The molecule has 3 N–H and O–H groups in total. The van der Waals surface area contributed by atoms with Crippen molar-refractivity contribution in [1.82, 2.24) is 5.32 Å². The molecule has 2 aromatic carbocycles. The van der Waals surface area contributed by atoms with Crippen LogP contribution in [0, 0.1) is 10.1 Å². The van der Waals surface area contributed by atoms with Crippen molar-refractivity contribution in [3.05, 3.63) is 92.3 Å². The number of aliphatic carboxylic acids is 1. The van der Waals surface area contributed by atoms with E-state index in [0.29, 0.717) is 29.1 Å². The van der Waals surface area contributed by atoms with Crippen LogP contribution in [0.5, 0.6) is 0 Å². The quantitative estimate of drug-likeness (QED) is 0.247. The van der Waals surface area contributed by atoms with Gasteiger partial charge in [0.1, 0.15) is 6.54 Å². The highest BCUT2D eigenvalue weighted by atomic mass is 16.6. The van der Waals surface area contributed by atoms with Gasteiger partial charge in [-0.25, -0.2) is 9.59 Å². The van der Waals surface area contributed by atoms with E-state index in [9.17, 15) is 24.5 Å². The van der Waals surface area contributed by atoms with Gasteiger partial charge in [-0.05, 0) is 37.1 Å². The summed E-state index contributed by atoms with van der Waals surface area (Å²) in [4.78, 5) is 47.5. The number of non-ortho nitro benzene ring substituents is 1. The Labute approximate surface area is 212 Å². The van der Waals surface area contributed by atoms with Crippen LogP contribution in [0.4, 0.5) is 11.4 Å². The number of hydrogen-bond acceptors (Lipinski definition) is 9. The van der Waals surface area contributed by atoms with E-state index in [1.54, 1.807) is 44.2 Å². The van der Waals surface area contributed by atoms with Gasteiger partial charge in [0.15, 0.2) is 0 Å². The average Bonchev–Trinajstić information content (AvgIpc) is 2.87. The van der Waals surface area contributed by atoms with E-state index < -0.39 is 28.7 Å². The smallest absolute Gasteiger partial charge is 0.336 e. The Morgan fingerprint density at radius 3 is 2.30 bits per heavy atom. The molecule has 1 aliphatic heterocycles. The molecular weight excluding hydrogens is 482 g/mol. The summed E-state index contributed by atoms with van der Waals surface area (Å²) in [6, 6.07) is 12.8. The fourth-order valence-electron chi connectivity index (χ4n) is 4.10. The maximum Gasteiger partial charge on any atom is 0.336 e. The van der Waals surface area contributed by atoms with Gasteiger partial charge in [0, 0.05) is 35.6 Å². The summed E-state index contributed by atoms with van der Waals surface area (Å²) in [5, 5.41) is 25.9. The van der Waals surface area contributed by atoms with Crippen LogP contribution in [0.15, 0.2) is 71.1 Å². The monoisotopic (exact) mass is 509 g/mol. The molecule has 37 heavy (non-hydrogen) atoms. The van der Waals surface area contributed by atoms with Crippen molar-refractivity contribution in [3.63, 3.8) is 0 Å². The Balaban J connectivity index is 1.82. The Morgan fingerprint density at radius 1 is 1.05 bits per heavy atom. The molecule has 2 aromatic rings. The van der Waals surface area contributed by atoms with E-state index in [4.69, 9.17) is 14.6 Å². The third-order valence-corrected chi connectivity index (χ3v) is 5.82. The molecule has 194 valence electrons. The Hall–Kier alpha value is -4.67. The van der Waals surface area contributed by atoms with E-state index in [0.717, 1.165) is 5.56 Å². The minimum Gasteiger partial charge on any atom is -0.480 e. The van der Waals surface area contributed by atoms with E-state index in [1.807, 2.05) is 0 Å². The number of esters is 2. The SMILES string of the molecule is COC(=O)C1=C(C)NC(C)=C(C(=O)OCCc2ccc(NCC(=O)O)cc2)C1c1cccc([N+](=O)[O-])c1. The first-order chi connectivity index (χ1) is 17.6. The Kier molecular flexibility index (Phi) is 8.62. The van der Waals surface area contributed by atoms with Gasteiger partial charge in [-0.1, -0.05) is 24.3 Å². The van der Waals surface area contributed by atoms with Crippen molar-refractivity contribution in [2.75, 3.05) is 25.6 Å². The number of carbonyl (C=O) groups excluding carboxylic acids is 2. The van der Waals surface area contributed by atoms with Gasteiger partial charge in [0.25, 0.3) is 5.69 Å². The lowest BCUT2D eigenvalue weighted by atomic mass is 9.80. The van der Waals surface area contributed by atoms with E-state index in [1.165, 1.54) is 25.3 Å². The van der Waals surface area contributed by atoms with Crippen LogP contribution in [-0.4, -0.2) is 48.2 Å². The van der Waals surface area contributed by atoms with Gasteiger partial charge in [-0.3, -0.25) is 14.9 Å². The predicted molar refractivity (Wildman–Crippen MR) is 134 cm³/mol. The summed E-state index contributed by atoms with van der Waals surface area (Å²) in [5.74, 6) is -3.24. The number of hydrogen-bond donors (Lipinski definition) is 3. The number of benzene rings is 2. The minimum atomic E-state index is -0.971. The number of methoxy groups -OCH3 is 1. The summed E-state index contributed by atoms with van der Waals surface area (Å²) in [5.41, 5.74) is 2.95. The highest BCUT2D eigenvalue weighted by Gasteiger charge is 2.38. The number of nitrogens with one attached hydrogen (secondary N) is 2. The van der Waals surface area contributed by atoms with E-state index in [2.05, 4.69) is 10.6 Å². The minimum absolute atomic E-state index is 0.0371. The number of allylic oxidation sites excluding steroid dienone is 2. The molecule has 0 spiro atoms. The second-order valence-corrected chi connectivity index (χ2v) is 8.31. The zero-order chi connectivity index (χ0) is 27.1. The lowest BCUT2D eigenvalue weighted by Crippen LogP contribution is -2.32. The third-order valence-electron chi connectivity index (χ3n) is 5.82. The fraction of sp³-hybridized carbons (Fsp3) is 0.269. The molecule has 1 aliphatic rings. The van der Waals surface area contributed by atoms with Crippen molar-refractivity contribution in [3.8, 4) is 0 Å². The van der Waals surface area contributed by atoms with Crippen molar-refractivity contribution in [1.29, 1.82) is 0 Å². The van der Waals surface area contributed by atoms with Crippen LogP contribution in [0.25, 0.3) is 0 Å². The van der Waals surface area contributed by atoms with Crippen molar-refractivity contribution in [2.45, 2.75) is 26.2 Å². The molecule has 0 saturated carbocycles. The molecule has 1 atom stereocenters. The second-order valence-electron chi connectivity index (χ2n) is 8.31. The number of carbonyl (C=O) groups is 3. The lowest BCUT2D eigenvalue weighted by molar-refractivity contribution is -0.384. The van der Waals surface area contributed by atoms with Crippen molar-refractivity contribution in [2.24, 2.45) is 0 Å². The lowest BCUT2D eigenvalue weighted by Gasteiger charge is -2.30. The second kappa shape index (κ2) is 11.8. The molecule has 3 rings (SSSR count). The van der Waals surface area contributed by atoms with E-state index in [-0.39, 0.29) is 30.0 Å². The molecule has 11 nitrogen and oxygen atoms in total. The first kappa shape index (κ1) is 26.9. The van der Waals surface area contributed by atoms with Gasteiger partial charge in [0.05, 0.1) is 35.7 Å². The van der Waals surface area contributed by atoms with Crippen LogP contribution in [0.2, 0.25) is 0 Å². The van der Waals surface area contributed by atoms with Gasteiger partial charge in [0.2, 0.25) is 0 Å². The zero-order valence-electron chi connectivity index (χ0n) is 20.6. The summed E-state index contributed by atoms with van der Waals surface area (Å²) in [6.07, 6.45) is 0.394. The van der Waals surface area contributed by atoms with Gasteiger partial charge < -0.3 is 25.2 Å². The number of dihydropyridines is 1. The molecule has 1 heterocycles. The summed E-state index contributed by atoms with van der Waals surface area (Å²) in [7, 11) is 1.22. The Bertz CT molecular complexity index is 1280. The molecule has 11 heteroatoms. The van der Waals surface area contributed by atoms with Crippen LogP contribution in [0.1, 0.15) is 30.9 Å². The molecule has 0 bridgehead atoms. The number of carboxylic acids is 1.